The number of hydrogen-bond acceptors (Lipinski definition) is 5. The molecule has 0 saturated heterocycles. The average Bonchev–Trinajstić information content (AvgIpc) is 3.21. The Morgan fingerprint density at radius 1 is 1.06 bits per heavy atom. The molecule has 0 aliphatic rings. The molecule has 0 fully saturated rings. The molecular formula is C24H26N4O4. The molecule has 4 rings (SSSR count). The SMILES string of the molecule is CCOc1ccccc1CNC(=O)Cn1nc(CC)n2c(cc3c(OC)cccc32)c1=O. The van der Waals surface area contributed by atoms with Gasteiger partial charge in [0, 0.05) is 23.9 Å². The minimum absolute atomic E-state index is 0.169. The number of ether oxygens (including phenoxy) is 2. The Kier molecular flexibility index (Phi) is 6.11. The number of carbonyl (C=O) groups excluding carboxylic acids is 1. The molecule has 0 saturated carbocycles. The molecule has 166 valence electrons. The van der Waals surface area contributed by atoms with Gasteiger partial charge >= 0.3 is 0 Å². The molecule has 32 heavy (non-hydrogen) atoms. The van der Waals surface area contributed by atoms with E-state index in [-0.39, 0.29) is 18.0 Å². The quantitative estimate of drug-likeness (QED) is 0.461. The number of aryl methyl sites for hydroxylation is 1. The summed E-state index contributed by atoms with van der Waals surface area (Å²) >= 11 is 0. The summed E-state index contributed by atoms with van der Waals surface area (Å²) in [5.74, 6) is 1.81. The van der Waals surface area contributed by atoms with Crippen molar-refractivity contribution >= 4 is 22.3 Å². The van der Waals surface area contributed by atoms with Gasteiger partial charge < -0.3 is 14.8 Å². The van der Waals surface area contributed by atoms with E-state index in [1.807, 2.05) is 60.7 Å². The molecule has 8 heteroatoms. The fourth-order valence-electron chi connectivity index (χ4n) is 3.85. The van der Waals surface area contributed by atoms with Crippen LogP contribution in [0.4, 0.5) is 0 Å². The van der Waals surface area contributed by atoms with E-state index >= 15 is 0 Å². The molecule has 0 atom stereocenters. The summed E-state index contributed by atoms with van der Waals surface area (Å²) in [6.45, 7) is 4.56. The summed E-state index contributed by atoms with van der Waals surface area (Å²) in [5.41, 5.74) is 1.86. The van der Waals surface area contributed by atoms with E-state index in [2.05, 4.69) is 10.4 Å². The number of para-hydroxylation sites is 1. The van der Waals surface area contributed by atoms with Gasteiger partial charge in [-0.1, -0.05) is 31.2 Å². The van der Waals surface area contributed by atoms with Gasteiger partial charge in [-0.3, -0.25) is 14.0 Å². The van der Waals surface area contributed by atoms with Crippen LogP contribution in [0.15, 0.2) is 53.3 Å². The van der Waals surface area contributed by atoms with Crippen LogP contribution in [0.1, 0.15) is 25.2 Å². The van der Waals surface area contributed by atoms with Gasteiger partial charge in [0.2, 0.25) is 5.91 Å². The highest BCUT2D eigenvalue weighted by atomic mass is 16.5. The normalized spacial score (nSPS) is 11.1. The van der Waals surface area contributed by atoms with Gasteiger partial charge in [-0.05, 0) is 31.2 Å². The number of methoxy groups -OCH3 is 1. The van der Waals surface area contributed by atoms with Crippen LogP contribution in [0.5, 0.6) is 11.5 Å². The molecule has 2 aromatic heterocycles. The van der Waals surface area contributed by atoms with Crippen molar-refractivity contribution < 1.29 is 14.3 Å². The molecule has 0 aliphatic heterocycles. The Hall–Kier alpha value is -3.81. The van der Waals surface area contributed by atoms with Crippen molar-refractivity contribution in [2.45, 2.75) is 33.4 Å². The van der Waals surface area contributed by atoms with Gasteiger partial charge in [0.05, 0.1) is 19.2 Å². The van der Waals surface area contributed by atoms with Crippen LogP contribution in [-0.4, -0.2) is 33.8 Å². The topological polar surface area (TPSA) is 86.9 Å². The molecule has 0 aliphatic carbocycles. The molecule has 0 radical (unpaired) electrons. The Balaban J connectivity index is 1.63. The number of benzene rings is 2. The molecule has 2 heterocycles. The van der Waals surface area contributed by atoms with E-state index < -0.39 is 0 Å². The highest BCUT2D eigenvalue weighted by molar-refractivity contribution is 5.92. The molecule has 1 N–H and O–H groups in total. The number of amides is 1. The van der Waals surface area contributed by atoms with Crippen molar-refractivity contribution in [3.63, 3.8) is 0 Å². The standard InChI is InChI=1S/C24H26N4O4/c1-4-22-26-27(15-23(29)25-14-16-9-6-7-11-20(16)32-5-2)24(30)19-13-17-18(28(19)22)10-8-12-21(17)31-3/h6-13H,4-5,14-15H2,1-3H3,(H,25,29). The first kappa shape index (κ1) is 21.4. The third kappa shape index (κ3) is 3.91. The number of rotatable bonds is 8. The maximum Gasteiger partial charge on any atom is 0.291 e. The lowest BCUT2D eigenvalue weighted by atomic mass is 10.2. The van der Waals surface area contributed by atoms with Crippen LogP contribution in [0.25, 0.3) is 16.4 Å². The van der Waals surface area contributed by atoms with Gasteiger partial charge in [-0.25, -0.2) is 4.68 Å². The minimum Gasteiger partial charge on any atom is -0.496 e. The lowest BCUT2D eigenvalue weighted by Crippen LogP contribution is -2.35. The number of fused-ring (bicyclic) bond motifs is 3. The molecule has 8 nitrogen and oxygen atoms in total. The summed E-state index contributed by atoms with van der Waals surface area (Å²) in [5, 5.41) is 8.17. The second-order valence-corrected chi connectivity index (χ2v) is 7.31. The van der Waals surface area contributed by atoms with Crippen molar-refractivity contribution in [1.82, 2.24) is 19.5 Å². The van der Waals surface area contributed by atoms with Gasteiger partial charge in [0.1, 0.15) is 29.4 Å². The molecule has 0 bridgehead atoms. The summed E-state index contributed by atoms with van der Waals surface area (Å²) in [4.78, 5) is 25.8. The number of nitrogens with zero attached hydrogens (tertiary/aromatic N) is 3. The monoisotopic (exact) mass is 434 g/mol. The third-order valence-electron chi connectivity index (χ3n) is 5.33. The number of carbonyl (C=O) groups is 1. The predicted molar refractivity (Wildman–Crippen MR) is 122 cm³/mol. The Labute approximate surface area is 185 Å². The first-order valence-electron chi connectivity index (χ1n) is 10.6. The van der Waals surface area contributed by atoms with Gasteiger partial charge in [0.25, 0.3) is 5.56 Å². The highest BCUT2D eigenvalue weighted by Crippen LogP contribution is 2.28. The molecule has 4 aromatic rings. The smallest absolute Gasteiger partial charge is 0.291 e. The van der Waals surface area contributed by atoms with E-state index in [1.54, 1.807) is 13.2 Å². The maximum absolute atomic E-state index is 13.2. The van der Waals surface area contributed by atoms with Crippen LogP contribution >= 0.6 is 0 Å². The van der Waals surface area contributed by atoms with Crippen molar-refractivity contribution in [3.05, 3.63) is 70.3 Å². The second-order valence-electron chi connectivity index (χ2n) is 7.31. The fraction of sp³-hybridized carbons (Fsp3) is 0.292. The summed E-state index contributed by atoms with van der Waals surface area (Å²) in [7, 11) is 1.60. The maximum atomic E-state index is 13.2. The lowest BCUT2D eigenvalue weighted by molar-refractivity contribution is -0.122. The van der Waals surface area contributed by atoms with E-state index in [9.17, 15) is 9.59 Å². The van der Waals surface area contributed by atoms with Crippen LogP contribution in [0, 0.1) is 0 Å². The summed E-state index contributed by atoms with van der Waals surface area (Å²) < 4.78 is 14.1. The zero-order valence-electron chi connectivity index (χ0n) is 18.4. The minimum atomic E-state index is -0.328. The fourth-order valence-corrected chi connectivity index (χ4v) is 3.85. The summed E-state index contributed by atoms with van der Waals surface area (Å²) in [6.07, 6.45) is 0.598. The van der Waals surface area contributed by atoms with E-state index in [4.69, 9.17) is 9.47 Å². The average molecular weight is 434 g/mol. The highest BCUT2D eigenvalue weighted by Gasteiger charge is 2.17. The van der Waals surface area contributed by atoms with Crippen LogP contribution in [0.3, 0.4) is 0 Å². The van der Waals surface area contributed by atoms with E-state index in [0.717, 1.165) is 22.2 Å². The largest absolute Gasteiger partial charge is 0.496 e. The van der Waals surface area contributed by atoms with Crippen molar-refractivity contribution in [2.24, 2.45) is 0 Å². The van der Waals surface area contributed by atoms with E-state index in [0.29, 0.717) is 36.7 Å². The van der Waals surface area contributed by atoms with Crippen molar-refractivity contribution in [2.75, 3.05) is 13.7 Å². The van der Waals surface area contributed by atoms with Crippen molar-refractivity contribution in [1.29, 1.82) is 0 Å². The first-order valence-corrected chi connectivity index (χ1v) is 10.6. The molecule has 0 spiro atoms. The first-order chi connectivity index (χ1) is 15.6. The molecule has 0 unspecified atom stereocenters. The zero-order valence-corrected chi connectivity index (χ0v) is 18.4. The number of hydrogen-bond donors (Lipinski definition) is 1. The lowest BCUT2D eigenvalue weighted by Gasteiger charge is -2.12. The van der Waals surface area contributed by atoms with Crippen LogP contribution < -0.4 is 20.3 Å². The molecular weight excluding hydrogens is 408 g/mol. The van der Waals surface area contributed by atoms with Gasteiger partial charge in [-0.2, -0.15) is 5.10 Å². The van der Waals surface area contributed by atoms with Crippen LogP contribution in [-0.2, 0) is 24.3 Å². The molecule has 1 amide bonds. The van der Waals surface area contributed by atoms with Crippen LogP contribution in [0.2, 0.25) is 0 Å². The van der Waals surface area contributed by atoms with Gasteiger partial charge in [-0.15, -0.1) is 0 Å². The molecule has 2 aromatic carbocycles. The van der Waals surface area contributed by atoms with Crippen molar-refractivity contribution in [3.8, 4) is 11.5 Å². The third-order valence-corrected chi connectivity index (χ3v) is 5.33. The Morgan fingerprint density at radius 3 is 2.59 bits per heavy atom. The number of nitrogens with one attached hydrogen (secondary N) is 1. The Morgan fingerprint density at radius 2 is 1.84 bits per heavy atom. The summed E-state index contributed by atoms with van der Waals surface area (Å²) in [6, 6.07) is 15.0. The second kappa shape index (κ2) is 9.13. The van der Waals surface area contributed by atoms with Gasteiger partial charge in [0.15, 0.2) is 0 Å². The predicted octanol–water partition coefficient (Wildman–Crippen LogP) is 2.94. The number of aromatic nitrogens is 3. The Bertz CT molecular complexity index is 1340. The van der Waals surface area contributed by atoms with E-state index in [1.165, 1.54) is 4.68 Å². The zero-order chi connectivity index (χ0) is 22.7.